The van der Waals surface area contributed by atoms with Crippen LogP contribution in [0.4, 0.5) is 5.69 Å². The van der Waals surface area contributed by atoms with Gasteiger partial charge in [0.2, 0.25) is 23.0 Å². The first kappa shape index (κ1) is 32.3. The van der Waals surface area contributed by atoms with Crippen LogP contribution in [0.2, 0.25) is 0 Å². The highest BCUT2D eigenvalue weighted by molar-refractivity contribution is 5.84. The predicted molar refractivity (Wildman–Crippen MR) is 178 cm³/mol. The molecule has 0 aliphatic heterocycles. The minimum atomic E-state index is -0.387. The molecule has 1 heterocycles. The fourth-order valence-corrected chi connectivity index (χ4v) is 6.15. The summed E-state index contributed by atoms with van der Waals surface area (Å²) in [6, 6.07) is 14.7. The van der Waals surface area contributed by atoms with Gasteiger partial charge in [0.05, 0.1) is 44.1 Å². The molecule has 0 fully saturated rings. The highest BCUT2D eigenvalue weighted by Crippen LogP contribution is 2.50. The van der Waals surface area contributed by atoms with Crippen LogP contribution in [0.25, 0.3) is 22.2 Å². The molecule has 3 N–H and O–H groups in total. The molecule has 1 aromatic heterocycles. The Morgan fingerprint density at radius 1 is 1.00 bits per heavy atom. The fourth-order valence-electron chi connectivity index (χ4n) is 6.15. The summed E-state index contributed by atoms with van der Waals surface area (Å²) >= 11 is 0. The Labute approximate surface area is 268 Å². The molecule has 1 aliphatic carbocycles. The second kappa shape index (κ2) is 14.4. The number of carbonyl (C=O) groups excluding carboxylic acids is 2. The van der Waals surface area contributed by atoms with Gasteiger partial charge in [-0.05, 0) is 66.3 Å². The van der Waals surface area contributed by atoms with Crippen LogP contribution in [0.1, 0.15) is 49.2 Å². The van der Waals surface area contributed by atoms with Gasteiger partial charge < -0.3 is 34.7 Å². The number of para-hydroxylation sites is 2. The van der Waals surface area contributed by atoms with Crippen LogP contribution in [0, 0.1) is 0 Å². The maximum Gasteiger partial charge on any atom is 0.220 e. The largest absolute Gasteiger partial charge is 0.493 e. The van der Waals surface area contributed by atoms with E-state index in [2.05, 4.69) is 20.9 Å². The van der Waals surface area contributed by atoms with Crippen LogP contribution in [-0.2, 0) is 29.5 Å². The van der Waals surface area contributed by atoms with Crippen molar-refractivity contribution in [3.05, 3.63) is 75.7 Å². The number of aryl methyl sites for hydroxylation is 2. The number of nitrogens with zero attached hydrogens (tertiary/aromatic N) is 2. The van der Waals surface area contributed by atoms with Gasteiger partial charge in [-0.15, -0.1) is 0 Å². The number of hydrogen-bond donors (Lipinski definition) is 3. The maximum absolute atomic E-state index is 13.5. The Hall–Kier alpha value is -5.06. The Morgan fingerprint density at radius 2 is 1.78 bits per heavy atom. The van der Waals surface area contributed by atoms with Crippen molar-refractivity contribution >= 4 is 28.5 Å². The lowest BCUT2D eigenvalue weighted by Crippen LogP contribution is -2.27. The highest BCUT2D eigenvalue weighted by atomic mass is 16.5. The zero-order valence-electron chi connectivity index (χ0n) is 27.0. The number of amides is 2. The molecule has 0 radical (unpaired) electrons. The number of ether oxygens (including phenoxy) is 3. The van der Waals surface area contributed by atoms with Crippen LogP contribution in [0.3, 0.4) is 0 Å². The second-order valence-electron chi connectivity index (χ2n) is 11.3. The minimum absolute atomic E-state index is 0.0560. The number of benzene rings is 2. The van der Waals surface area contributed by atoms with Gasteiger partial charge in [0.25, 0.3) is 0 Å². The Balaban J connectivity index is 1.29. The number of fused-ring (bicyclic) bond motifs is 4. The summed E-state index contributed by atoms with van der Waals surface area (Å²) < 4.78 is 19.1. The first-order chi connectivity index (χ1) is 22.2. The van der Waals surface area contributed by atoms with Gasteiger partial charge in [-0.2, -0.15) is 0 Å². The number of imidazole rings is 1. The van der Waals surface area contributed by atoms with Crippen molar-refractivity contribution in [3.8, 4) is 28.4 Å². The number of rotatable bonds is 12. The molecule has 2 amide bonds. The lowest BCUT2D eigenvalue weighted by atomic mass is 9.95. The summed E-state index contributed by atoms with van der Waals surface area (Å²) in [5, 5.41) is 9.20. The Kier molecular flexibility index (Phi) is 10.1. The average molecular weight is 628 g/mol. The summed E-state index contributed by atoms with van der Waals surface area (Å²) in [5.74, 6) is 2.16. The predicted octanol–water partition coefficient (Wildman–Crippen LogP) is 4.30. The molecule has 4 aromatic rings. The quantitative estimate of drug-likeness (QED) is 0.198. The zero-order valence-corrected chi connectivity index (χ0v) is 27.0. The first-order valence-electron chi connectivity index (χ1n) is 15.4. The Morgan fingerprint density at radius 3 is 2.50 bits per heavy atom. The molecular weight excluding hydrogens is 586 g/mol. The van der Waals surface area contributed by atoms with E-state index >= 15 is 0 Å². The Bertz CT molecular complexity index is 1820. The van der Waals surface area contributed by atoms with Crippen molar-refractivity contribution in [3.63, 3.8) is 0 Å². The first-order valence-corrected chi connectivity index (χ1v) is 15.4. The van der Waals surface area contributed by atoms with Gasteiger partial charge in [0, 0.05) is 45.5 Å². The van der Waals surface area contributed by atoms with Gasteiger partial charge in [-0.25, -0.2) is 4.98 Å². The van der Waals surface area contributed by atoms with Crippen molar-refractivity contribution < 1.29 is 23.8 Å². The molecule has 3 aromatic carbocycles. The number of methoxy groups -OCH3 is 3. The molecule has 11 heteroatoms. The zero-order chi connectivity index (χ0) is 32.8. The molecule has 242 valence electrons. The van der Waals surface area contributed by atoms with Gasteiger partial charge in [0.1, 0.15) is 5.82 Å². The smallest absolute Gasteiger partial charge is 0.220 e. The topological polar surface area (TPSA) is 133 Å². The number of anilines is 1. The van der Waals surface area contributed by atoms with Crippen molar-refractivity contribution in [2.24, 2.45) is 7.05 Å². The van der Waals surface area contributed by atoms with Crippen molar-refractivity contribution in [1.82, 2.24) is 20.2 Å². The highest BCUT2D eigenvalue weighted by Gasteiger charge is 2.29. The van der Waals surface area contributed by atoms with E-state index in [1.165, 1.54) is 6.92 Å². The van der Waals surface area contributed by atoms with Crippen LogP contribution < -0.4 is 35.6 Å². The van der Waals surface area contributed by atoms with E-state index in [9.17, 15) is 14.4 Å². The van der Waals surface area contributed by atoms with Crippen LogP contribution in [0.15, 0.2) is 53.3 Å². The normalized spacial score (nSPS) is 13.6. The number of nitrogens with one attached hydrogen (secondary N) is 3. The molecule has 0 bridgehead atoms. The third-order valence-electron chi connectivity index (χ3n) is 8.36. The lowest BCUT2D eigenvalue weighted by Gasteiger charge is -2.19. The van der Waals surface area contributed by atoms with Crippen LogP contribution in [0.5, 0.6) is 17.2 Å². The molecule has 0 saturated heterocycles. The average Bonchev–Trinajstić information content (AvgIpc) is 3.17. The molecule has 1 atom stereocenters. The van der Waals surface area contributed by atoms with Crippen molar-refractivity contribution in [1.29, 1.82) is 0 Å². The summed E-state index contributed by atoms with van der Waals surface area (Å²) in [6.07, 6.45) is 2.69. The maximum atomic E-state index is 13.5. The molecule has 1 unspecified atom stereocenters. The van der Waals surface area contributed by atoms with E-state index in [1.807, 2.05) is 48.0 Å². The summed E-state index contributed by atoms with van der Waals surface area (Å²) in [7, 11) is 6.67. The van der Waals surface area contributed by atoms with E-state index in [4.69, 9.17) is 14.2 Å². The summed E-state index contributed by atoms with van der Waals surface area (Å²) in [6.45, 7) is 2.39. The monoisotopic (exact) mass is 627 g/mol. The van der Waals surface area contributed by atoms with Crippen LogP contribution in [-0.4, -0.2) is 55.8 Å². The third-order valence-corrected chi connectivity index (χ3v) is 8.36. The van der Waals surface area contributed by atoms with Gasteiger partial charge in [0.15, 0.2) is 11.5 Å². The number of carbonyl (C=O) groups is 2. The van der Waals surface area contributed by atoms with E-state index < -0.39 is 0 Å². The number of aromatic nitrogens is 2. The molecule has 1 aliphatic rings. The summed E-state index contributed by atoms with van der Waals surface area (Å²) in [4.78, 5) is 42.8. The molecule has 0 saturated carbocycles. The van der Waals surface area contributed by atoms with Crippen molar-refractivity contribution in [2.45, 2.75) is 45.1 Å². The van der Waals surface area contributed by atoms with E-state index in [0.717, 1.165) is 33.5 Å². The molecular formula is C35H41N5O6. The van der Waals surface area contributed by atoms with Gasteiger partial charge >= 0.3 is 0 Å². The van der Waals surface area contributed by atoms with Crippen molar-refractivity contribution in [2.75, 3.05) is 39.7 Å². The van der Waals surface area contributed by atoms with Gasteiger partial charge in [-0.1, -0.05) is 18.2 Å². The summed E-state index contributed by atoms with van der Waals surface area (Å²) in [5.41, 5.74) is 5.39. The SMILES string of the molecule is COc1cc2c(c(OC)c1OC)-c1ccc(NCCCC(=O)NCCc3nc4ccccc4n3C)c(=O)cc1C(NC(C)=O)CC2. The second-order valence-corrected chi connectivity index (χ2v) is 11.3. The molecule has 5 rings (SSSR count). The lowest BCUT2D eigenvalue weighted by molar-refractivity contribution is -0.121. The molecule has 11 nitrogen and oxygen atoms in total. The minimum Gasteiger partial charge on any atom is -0.493 e. The van der Waals surface area contributed by atoms with E-state index in [-0.39, 0.29) is 23.3 Å². The van der Waals surface area contributed by atoms with Gasteiger partial charge in [-0.3, -0.25) is 14.4 Å². The van der Waals surface area contributed by atoms with E-state index in [1.54, 1.807) is 33.5 Å². The molecule has 46 heavy (non-hydrogen) atoms. The number of hydrogen-bond acceptors (Lipinski definition) is 8. The third kappa shape index (κ3) is 6.78. The van der Waals surface area contributed by atoms with E-state index in [0.29, 0.717) is 73.7 Å². The standard InChI is InChI=1S/C35H41N5O6/c1-21(41)38-25-14-12-22-19-30(44-3)34(45-4)35(46-5)33(22)23-13-15-27(29(42)20-24(23)25)36-17-8-11-32(43)37-18-16-31-39-26-9-6-7-10-28(26)40(31)2/h6-7,9-10,13,15,19-20,25H,8,11-12,14,16-18H2,1-5H3,(H,36,42)(H,37,43)(H,38,41). The molecule has 0 spiro atoms. The fraction of sp³-hybridized carbons (Fsp3) is 0.371. The van der Waals surface area contributed by atoms with Crippen LogP contribution >= 0.6 is 0 Å².